The van der Waals surface area contributed by atoms with E-state index in [0.717, 1.165) is 0 Å². The zero-order valence-corrected chi connectivity index (χ0v) is 26.2. The molecule has 0 aliphatic heterocycles. The first-order chi connectivity index (χ1) is 19.0. The van der Waals surface area contributed by atoms with Gasteiger partial charge in [0.15, 0.2) is 0 Å². The molecule has 18 heteroatoms. The monoisotopic (exact) mass is 614 g/mol. The molecule has 240 valence electrons. The van der Waals surface area contributed by atoms with E-state index in [1.165, 1.54) is 83.1 Å². The predicted octanol–water partition coefficient (Wildman–Crippen LogP) is 1.76. The first-order valence-electron chi connectivity index (χ1n) is 12.8. The number of rotatable bonds is 8. The average molecular weight is 615 g/mol. The van der Waals surface area contributed by atoms with Crippen molar-refractivity contribution < 1.29 is 48.0 Å². The third-order valence-corrected chi connectivity index (χ3v) is 4.62. The van der Waals surface area contributed by atoms with E-state index in [9.17, 15) is 39.4 Å². The van der Waals surface area contributed by atoms with Crippen LogP contribution >= 0.6 is 0 Å². The van der Waals surface area contributed by atoms with Crippen LogP contribution in [0.3, 0.4) is 0 Å². The van der Waals surface area contributed by atoms with E-state index < -0.39 is 84.8 Å². The molecule has 0 aromatic carbocycles. The van der Waals surface area contributed by atoms with E-state index in [1.54, 1.807) is 0 Å². The third-order valence-electron chi connectivity index (χ3n) is 4.62. The van der Waals surface area contributed by atoms with Crippen LogP contribution in [-0.2, 0) is 49.2 Å². The van der Waals surface area contributed by atoms with Gasteiger partial charge in [-0.1, -0.05) is 0 Å². The third kappa shape index (κ3) is 8.29. The molecule has 1 heterocycles. The smallest absolute Gasteiger partial charge is 0.454 e. The van der Waals surface area contributed by atoms with E-state index in [2.05, 4.69) is 15.0 Å². The molecule has 43 heavy (non-hydrogen) atoms. The Morgan fingerprint density at radius 1 is 0.535 bits per heavy atom. The minimum absolute atomic E-state index is 1.06. The van der Waals surface area contributed by atoms with Crippen molar-refractivity contribution >= 4 is 29.8 Å². The molecule has 0 aliphatic rings. The minimum Gasteiger partial charge on any atom is -0.454 e. The summed E-state index contributed by atoms with van der Waals surface area (Å²) in [5.74, 6) is -11.4. The highest BCUT2D eigenvalue weighted by Crippen LogP contribution is 2.35. The Balaban J connectivity index is 4.41. The highest BCUT2D eigenvalue weighted by atomic mass is 16.7. The number of nitrogens with zero attached hydrogens (tertiary/aromatic N) is 5. The summed E-state index contributed by atoms with van der Waals surface area (Å²) in [7, 11) is 0. The number of ether oxygens (including phenoxy) is 4. The van der Waals surface area contributed by atoms with E-state index in [-0.39, 0.29) is 0 Å². The van der Waals surface area contributed by atoms with E-state index in [1.807, 2.05) is 0 Å². The SMILES string of the molecule is CC(C)(C)OC(=O)C(C(=O)OC(C)(C)C)(c1nc(N)nc(C(C(=O)OC(C)(C)C)(C(=O)OC(C)(C)C)[N+](=O)[O-])n1)[N+](=O)[O-]. The van der Waals surface area contributed by atoms with Crippen LogP contribution in [0.4, 0.5) is 5.95 Å². The lowest BCUT2D eigenvalue weighted by molar-refractivity contribution is -0.555. The molecular formula is C25H38N6O12. The topological polar surface area (TPSA) is 256 Å². The summed E-state index contributed by atoms with van der Waals surface area (Å²) in [6.45, 7) is 16.0. The van der Waals surface area contributed by atoms with Gasteiger partial charge in [0, 0.05) is 0 Å². The number of nitro groups is 2. The zero-order valence-electron chi connectivity index (χ0n) is 26.2. The highest BCUT2D eigenvalue weighted by Gasteiger charge is 2.71. The largest absolute Gasteiger partial charge is 0.468 e. The van der Waals surface area contributed by atoms with E-state index >= 15 is 0 Å². The molecule has 0 amide bonds. The molecule has 0 fully saturated rings. The van der Waals surface area contributed by atoms with Gasteiger partial charge in [-0.2, -0.15) is 9.97 Å². The Hall–Kier alpha value is -4.51. The number of carbonyl (C=O) groups excluding carboxylic acids is 4. The summed E-state index contributed by atoms with van der Waals surface area (Å²) in [5, 5.41) is 25.3. The Morgan fingerprint density at radius 2 is 0.744 bits per heavy atom. The fourth-order valence-corrected chi connectivity index (χ4v) is 3.12. The van der Waals surface area contributed by atoms with Crippen LogP contribution in [0.1, 0.15) is 94.7 Å². The van der Waals surface area contributed by atoms with Crippen LogP contribution in [0.15, 0.2) is 0 Å². The molecule has 0 atom stereocenters. The first-order valence-corrected chi connectivity index (χ1v) is 12.8. The number of esters is 4. The maximum Gasteiger partial charge on any atom is 0.468 e. The summed E-state index contributed by atoms with van der Waals surface area (Å²) >= 11 is 0. The molecule has 0 bridgehead atoms. The summed E-state index contributed by atoms with van der Waals surface area (Å²) in [6.07, 6.45) is 0. The Morgan fingerprint density at radius 3 is 0.907 bits per heavy atom. The molecule has 18 nitrogen and oxygen atoms in total. The Kier molecular flexibility index (Phi) is 9.88. The molecule has 1 rings (SSSR count). The molecule has 0 unspecified atom stereocenters. The van der Waals surface area contributed by atoms with Gasteiger partial charge in [-0.15, -0.1) is 0 Å². The molecule has 0 radical (unpaired) electrons. The van der Waals surface area contributed by atoms with Gasteiger partial charge in [-0.3, -0.25) is 20.2 Å². The van der Waals surface area contributed by atoms with Gasteiger partial charge in [0.05, 0.1) is 9.85 Å². The maximum absolute atomic E-state index is 13.5. The van der Waals surface area contributed by atoms with E-state index in [4.69, 9.17) is 24.7 Å². The standard InChI is InChI=1S/C25H38N6O12/c1-20(2,3)40-15(32)24(30(36)37,16(33)41-21(4,5)6)13-27-14(29-19(26)28-13)25(31(38)39,17(34)42-22(7,8)9)18(35)43-23(10,11)12/h1-12H3,(H2,26,27,28,29). The molecule has 0 aliphatic carbocycles. The van der Waals surface area contributed by atoms with Crippen molar-refractivity contribution in [2.24, 2.45) is 0 Å². The number of hydrogen-bond acceptors (Lipinski definition) is 16. The van der Waals surface area contributed by atoms with Gasteiger partial charge in [-0.25, -0.2) is 24.2 Å². The Labute approximate surface area is 247 Å². The van der Waals surface area contributed by atoms with Crippen LogP contribution in [0.2, 0.25) is 0 Å². The number of hydrogen-bond donors (Lipinski definition) is 1. The minimum atomic E-state index is -3.77. The van der Waals surface area contributed by atoms with Crippen molar-refractivity contribution in [3.05, 3.63) is 31.9 Å². The quantitative estimate of drug-likeness (QED) is 0.144. The molecule has 0 saturated carbocycles. The fourth-order valence-electron chi connectivity index (χ4n) is 3.12. The van der Waals surface area contributed by atoms with Crippen molar-refractivity contribution in [1.82, 2.24) is 15.0 Å². The Bertz CT molecular complexity index is 1160. The summed E-state index contributed by atoms with van der Waals surface area (Å²) < 4.78 is 20.6. The molecule has 0 saturated heterocycles. The van der Waals surface area contributed by atoms with Gasteiger partial charge in [0.25, 0.3) is 0 Å². The highest BCUT2D eigenvalue weighted by molar-refractivity contribution is 6.05. The summed E-state index contributed by atoms with van der Waals surface area (Å²) in [5.41, 5.74) is -7.51. The number of aromatic nitrogens is 3. The molecule has 0 spiro atoms. The lowest BCUT2D eigenvalue weighted by Gasteiger charge is -2.30. The second-order valence-corrected chi connectivity index (χ2v) is 13.3. The van der Waals surface area contributed by atoms with Gasteiger partial charge in [0.2, 0.25) is 17.6 Å². The number of anilines is 1. The van der Waals surface area contributed by atoms with Gasteiger partial charge >= 0.3 is 35.0 Å². The molecule has 1 aromatic heterocycles. The molecule has 1 aromatic rings. The van der Waals surface area contributed by atoms with Crippen molar-refractivity contribution in [1.29, 1.82) is 0 Å². The van der Waals surface area contributed by atoms with Crippen LogP contribution in [0.5, 0.6) is 0 Å². The van der Waals surface area contributed by atoms with Crippen LogP contribution in [0, 0.1) is 20.2 Å². The second kappa shape index (κ2) is 11.6. The van der Waals surface area contributed by atoms with Crippen molar-refractivity contribution in [3.8, 4) is 0 Å². The number of carbonyl (C=O) groups is 4. The zero-order chi connectivity index (χ0) is 34.1. The van der Waals surface area contributed by atoms with Crippen LogP contribution in [-0.4, -0.2) is 71.1 Å². The van der Waals surface area contributed by atoms with E-state index in [0.29, 0.717) is 0 Å². The van der Waals surface area contributed by atoms with Gasteiger partial charge in [-0.05, 0) is 83.1 Å². The lowest BCUT2D eigenvalue weighted by Crippen LogP contribution is -2.58. The maximum atomic E-state index is 13.5. The van der Waals surface area contributed by atoms with Gasteiger partial charge in [0.1, 0.15) is 22.4 Å². The van der Waals surface area contributed by atoms with Crippen molar-refractivity contribution in [2.45, 2.75) is 117 Å². The summed E-state index contributed by atoms with van der Waals surface area (Å²) in [6, 6.07) is 0. The number of nitrogens with two attached hydrogens (primary N) is 1. The first kappa shape index (κ1) is 36.5. The summed E-state index contributed by atoms with van der Waals surface area (Å²) in [4.78, 5) is 87.1. The lowest BCUT2D eigenvalue weighted by atomic mass is 9.95. The number of nitrogen functional groups attached to an aromatic ring is 1. The fraction of sp³-hybridized carbons (Fsp3) is 0.720. The predicted molar refractivity (Wildman–Crippen MR) is 145 cm³/mol. The second-order valence-electron chi connectivity index (χ2n) is 13.3. The normalized spacial score (nSPS) is 13.0. The molecule has 2 N–H and O–H groups in total. The van der Waals surface area contributed by atoms with Crippen molar-refractivity contribution in [2.75, 3.05) is 5.73 Å². The molecular weight excluding hydrogens is 576 g/mol. The average Bonchev–Trinajstić information content (AvgIpc) is 2.68. The van der Waals surface area contributed by atoms with Gasteiger partial charge < -0.3 is 24.7 Å². The van der Waals surface area contributed by atoms with Crippen LogP contribution < -0.4 is 5.73 Å². The van der Waals surface area contributed by atoms with Crippen molar-refractivity contribution in [3.63, 3.8) is 0 Å². The van der Waals surface area contributed by atoms with Crippen LogP contribution in [0.25, 0.3) is 0 Å².